The number of nitrogens with zero attached hydrogens (tertiary/aromatic N) is 1. The van der Waals surface area contributed by atoms with Crippen LogP contribution in [0.1, 0.15) is 21.5 Å². The fraction of sp³-hybridized carbons (Fsp3) is 0.0952. The standard InChI is InChI=1S/C21H16ClN2O/c1-13-9-10-15-19(11-13)24(12-14-5-2-3-7-17(14)22)18-8-4-6-16(20(15)18)21(23)25/h2-9,11H,12H2,1H3,(H2,23,25). The Kier molecular flexibility index (Phi) is 3.74. The van der Waals surface area contributed by atoms with Crippen molar-refractivity contribution in [1.29, 1.82) is 0 Å². The number of benzene rings is 3. The SMILES string of the molecule is Cc1c[c]c2c3c(C(N)=O)cccc3n(Cc3ccccc3Cl)c2c1. The molecule has 2 N–H and O–H groups in total. The average Bonchev–Trinajstić information content (AvgIpc) is 2.90. The van der Waals surface area contributed by atoms with Gasteiger partial charge in [0.2, 0.25) is 5.91 Å². The Hall–Kier alpha value is -2.78. The second-order valence-electron chi connectivity index (χ2n) is 6.18. The zero-order chi connectivity index (χ0) is 17.6. The van der Waals surface area contributed by atoms with Crippen molar-refractivity contribution in [3.63, 3.8) is 0 Å². The van der Waals surface area contributed by atoms with E-state index in [0.29, 0.717) is 12.1 Å². The van der Waals surface area contributed by atoms with Crippen LogP contribution in [0.3, 0.4) is 0 Å². The number of hydrogen-bond donors (Lipinski definition) is 1. The van der Waals surface area contributed by atoms with Crippen LogP contribution in [0.25, 0.3) is 21.8 Å². The third-order valence-electron chi connectivity index (χ3n) is 4.49. The van der Waals surface area contributed by atoms with E-state index in [1.165, 1.54) is 0 Å². The first-order valence-corrected chi connectivity index (χ1v) is 8.40. The van der Waals surface area contributed by atoms with Crippen molar-refractivity contribution in [3.8, 4) is 0 Å². The number of halogens is 1. The summed E-state index contributed by atoms with van der Waals surface area (Å²) < 4.78 is 2.17. The summed E-state index contributed by atoms with van der Waals surface area (Å²) >= 11 is 6.36. The van der Waals surface area contributed by atoms with Gasteiger partial charge in [0.15, 0.2) is 0 Å². The molecule has 0 fully saturated rings. The van der Waals surface area contributed by atoms with Crippen LogP contribution in [0.5, 0.6) is 0 Å². The third kappa shape index (κ3) is 2.57. The van der Waals surface area contributed by atoms with E-state index in [-0.39, 0.29) is 0 Å². The highest BCUT2D eigenvalue weighted by Crippen LogP contribution is 2.33. The van der Waals surface area contributed by atoms with Gasteiger partial charge in [0.25, 0.3) is 0 Å². The van der Waals surface area contributed by atoms with E-state index in [9.17, 15) is 4.79 Å². The van der Waals surface area contributed by atoms with Gasteiger partial charge in [0.1, 0.15) is 0 Å². The highest BCUT2D eigenvalue weighted by molar-refractivity contribution is 6.31. The molecule has 0 saturated heterocycles. The molecule has 1 aromatic heterocycles. The zero-order valence-corrected chi connectivity index (χ0v) is 14.5. The maximum absolute atomic E-state index is 11.9. The predicted octanol–water partition coefficient (Wildman–Crippen LogP) is 4.70. The van der Waals surface area contributed by atoms with Crippen molar-refractivity contribution >= 4 is 39.3 Å². The number of fused-ring (bicyclic) bond motifs is 3. The van der Waals surface area contributed by atoms with Crippen molar-refractivity contribution in [2.24, 2.45) is 5.73 Å². The van der Waals surface area contributed by atoms with Gasteiger partial charge in [-0.3, -0.25) is 4.79 Å². The van der Waals surface area contributed by atoms with Crippen LogP contribution in [0.4, 0.5) is 0 Å². The molecule has 3 nitrogen and oxygen atoms in total. The lowest BCUT2D eigenvalue weighted by Gasteiger charge is -2.10. The third-order valence-corrected chi connectivity index (χ3v) is 4.86. The number of amides is 1. The fourth-order valence-electron chi connectivity index (χ4n) is 3.33. The van der Waals surface area contributed by atoms with Crippen molar-refractivity contribution in [2.45, 2.75) is 13.5 Å². The normalized spacial score (nSPS) is 11.3. The number of carbonyl (C=O) groups excluding carboxylic acids is 1. The van der Waals surface area contributed by atoms with Gasteiger partial charge >= 0.3 is 0 Å². The molecule has 4 heteroatoms. The molecular weight excluding hydrogens is 332 g/mol. The molecule has 1 heterocycles. The van der Waals surface area contributed by atoms with E-state index in [0.717, 1.165) is 38.0 Å². The summed E-state index contributed by atoms with van der Waals surface area (Å²) in [6.45, 7) is 2.64. The van der Waals surface area contributed by atoms with E-state index in [1.54, 1.807) is 6.07 Å². The lowest BCUT2D eigenvalue weighted by atomic mass is 10.1. The molecule has 0 aliphatic carbocycles. The molecule has 0 atom stereocenters. The Balaban J connectivity index is 2.08. The van der Waals surface area contributed by atoms with Gasteiger partial charge in [-0.15, -0.1) is 0 Å². The predicted molar refractivity (Wildman–Crippen MR) is 102 cm³/mol. The van der Waals surface area contributed by atoms with E-state index >= 15 is 0 Å². The van der Waals surface area contributed by atoms with Crippen LogP contribution >= 0.6 is 11.6 Å². The molecule has 25 heavy (non-hydrogen) atoms. The summed E-state index contributed by atoms with van der Waals surface area (Å²) in [6.07, 6.45) is 0. The maximum Gasteiger partial charge on any atom is 0.249 e. The van der Waals surface area contributed by atoms with Gasteiger partial charge in [0, 0.05) is 27.9 Å². The summed E-state index contributed by atoms with van der Waals surface area (Å²) in [5.74, 6) is -0.434. The second-order valence-corrected chi connectivity index (χ2v) is 6.59. The molecule has 0 aliphatic heterocycles. The number of carbonyl (C=O) groups is 1. The minimum absolute atomic E-state index is 0.434. The van der Waals surface area contributed by atoms with Crippen LogP contribution in [-0.4, -0.2) is 10.5 Å². The van der Waals surface area contributed by atoms with Crippen LogP contribution in [0.15, 0.2) is 54.6 Å². The number of aryl methyl sites for hydroxylation is 1. The Morgan fingerprint density at radius 3 is 2.72 bits per heavy atom. The molecule has 0 unspecified atom stereocenters. The van der Waals surface area contributed by atoms with E-state index in [2.05, 4.69) is 16.7 Å². The Morgan fingerprint density at radius 1 is 1.16 bits per heavy atom. The molecule has 1 amide bonds. The quantitative estimate of drug-likeness (QED) is 0.573. The molecule has 123 valence electrons. The summed E-state index contributed by atoms with van der Waals surface area (Å²) in [4.78, 5) is 11.9. The summed E-state index contributed by atoms with van der Waals surface area (Å²) in [6, 6.07) is 20.8. The number of nitrogens with two attached hydrogens (primary N) is 1. The molecule has 1 radical (unpaired) electrons. The monoisotopic (exact) mass is 347 g/mol. The van der Waals surface area contributed by atoms with E-state index in [1.807, 2.05) is 49.4 Å². The first kappa shape index (κ1) is 15.7. The largest absolute Gasteiger partial charge is 0.366 e. The molecule has 4 aromatic rings. The van der Waals surface area contributed by atoms with Gasteiger partial charge < -0.3 is 10.3 Å². The number of aromatic nitrogens is 1. The molecule has 0 saturated carbocycles. The van der Waals surface area contributed by atoms with E-state index in [4.69, 9.17) is 17.3 Å². The lowest BCUT2D eigenvalue weighted by Crippen LogP contribution is -2.11. The first-order valence-electron chi connectivity index (χ1n) is 8.02. The smallest absolute Gasteiger partial charge is 0.249 e. The Morgan fingerprint density at radius 2 is 1.96 bits per heavy atom. The topological polar surface area (TPSA) is 48.0 Å². The van der Waals surface area contributed by atoms with Crippen molar-refractivity contribution in [1.82, 2.24) is 4.57 Å². The highest BCUT2D eigenvalue weighted by Gasteiger charge is 2.17. The zero-order valence-electron chi connectivity index (χ0n) is 13.7. The summed E-state index contributed by atoms with van der Waals surface area (Å²) in [5.41, 5.74) is 10.2. The van der Waals surface area contributed by atoms with Gasteiger partial charge in [-0.25, -0.2) is 0 Å². The van der Waals surface area contributed by atoms with Gasteiger partial charge in [-0.05, 0) is 48.4 Å². The van der Waals surface area contributed by atoms with Crippen molar-refractivity contribution in [3.05, 3.63) is 82.4 Å². The van der Waals surface area contributed by atoms with Crippen molar-refractivity contribution < 1.29 is 4.79 Å². The Bertz CT molecular complexity index is 1130. The van der Waals surface area contributed by atoms with Crippen LogP contribution in [-0.2, 0) is 6.54 Å². The first-order chi connectivity index (χ1) is 12.1. The second kappa shape index (κ2) is 5.94. The fourth-order valence-corrected chi connectivity index (χ4v) is 3.53. The average molecular weight is 348 g/mol. The molecule has 4 rings (SSSR count). The molecular formula is C21H16ClN2O. The molecule has 3 aromatic carbocycles. The highest BCUT2D eigenvalue weighted by atomic mass is 35.5. The van der Waals surface area contributed by atoms with Gasteiger partial charge in [-0.2, -0.15) is 0 Å². The molecule has 0 bridgehead atoms. The van der Waals surface area contributed by atoms with E-state index < -0.39 is 5.91 Å². The molecule has 0 spiro atoms. The minimum Gasteiger partial charge on any atom is -0.366 e. The minimum atomic E-state index is -0.434. The summed E-state index contributed by atoms with van der Waals surface area (Å²) in [7, 11) is 0. The van der Waals surface area contributed by atoms with Crippen LogP contribution in [0.2, 0.25) is 5.02 Å². The number of rotatable bonds is 3. The van der Waals surface area contributed by atoms with Crippen molar-refractivity contribution in [2.75, 3.05) is 0 Å². The van der Waals surface area contributed by atoms with Crippen LogP contribution < -0.4 is 5.73 Å². The van der Waals surface area contributed by atoms with Gasteiger partial charge in [0.05, 0.1) is 11.0 Å². The number of hydrogen-bond acceptors (Lipinski definition) is 1. The summed E-state index contributed by atoms with van der Waals surface area (Å²) in [5, 5.41) is 2.47. The molecule has 0 aliphatic rings. The number of primary amides is 1. The lowest BCUT2D eigenvalue weighted by molar-refractivity contribution is 0.100. The van der Waals surface area contributed by atoms with Crippen LogP contribution in [0, 0.1) is 13.0 Å². The Labute approximate surface area is 150 Å². The van der Waals surface area contributed by atoms with Gasteiger partial charge in [-0.1, -0.05) is 41.9 Å². The maximum atomic E-state index is 11.9.